The average molecular weight is 426 g/mol. The smallest absolute Gasteiger partial charge is 0.277 e. The van der Waals surface area contributed by atoms with E-state index in [4.69, 9.17) is 10.3 Å². The second kappa shape index (κ2) is 11.2. The third-order valence-corrected chi connectivity index (χ3v) is 4.94. The molecule has 10 heteroatoms. The van der Waals surface area contributed by atoms with Crippen LogP contribution in [0.15, 0.2) is 48.8 Å². The number of nitrogens with one attached hydrogen (secondary N) is 2. The summed E-state index contributed by atoms with van der Waals surface area (Å²) in [5.41, 5.74) is 2.71. The minimum atomic E-state index is -0.668. The molecule has 0 aliphatic carbocycles. The summed E-state index contributed by atoms with van der Waals surface area (Å²) in [4.78, 5) is 36.5. The number of carbonyl (C=O) groups is 2. The summed E-state index contributed by atoms with van der Waals surface area (Å²) in [6.45, 7) is 2.52. The first-order chi connectivity index (χ1) is 15.1. The topological polar surface area (TPSA) is 131 Å². The first kappa shape index (κ1) is 22.3. The Hall–Kier alpha value is -3.34. The fraction of sp³-hybridized carbons (Fsp3) is 0.333. The van der Waals surface area contributed by atoms with E-state index in [1.807, 2.05) is 47.4 Å². The average Bonchev–Trinajstić information content (AvgIpc) is 2.83. The summed E-state index contributed by atoms with van der Waals surface area (Å²) in [7, 11) is 0. The van der Waals surface area contributed by atoms with E-state index in [-0.39, 0.29) is 24.6 Å². The predicted octanol–water partition coefficient (Wildman–Crippen LogP) is -0.0919. The van der Waals surface area contributed by atoms with E-state index < -0.39 is 11.9 Å². The Labute approximate surface area is 180 Å². The van der Waals surface area contributed by atoms with Gasteiger partial charge in [-0.2, -0.15) is 0 Å². The number of aromatic nitrogens is 2. The SMILES string of the molecule is O=C(NO)c1cnc(N2CCN(C(/C=C/c3ccccc3)C(=O)NCCO)CC2)nc1. The second-order valence-electron chi connectivity index (χ2n) is 6.96. The highest BCUT2D eigenvalue weighted by Gasteiger charge is 2.28. The van der Waals surface area contributed by atoms with Crippen molar-refractivity contribution in [1.82, 2.24) is 25.7 Å². The zero-order valence-electron chi connectivity index (χ0n) is 17.0. The number of rotatable bonds is 8. The van der Waals surface area contributed by atoms with Gasteiger partial charge < -0.3 is 15.3 Å². The van der Waals surface area contributed by atoms with Gasteiger partial charge in [-0.15, -0.1) is 0 Å². The van der Waals surface area contributed by atoms with Crippen LogP contribution in [0.25, 0.3) is 6.08 Å². The molecule has 31 heavy (non-hydrogen) atoms. The highest BCUT2D eigenvalue weighted by molar-refractivity contribution is 5.92. The van der Waals surface area contributed by atoms with Crippen molar-refractivity contribution in [3.8, 4) is 0 Å². The van der Waals surface area contributed by atoms with Crippen LogP contribution in [-0.2, 0) is 4.79 Å². The van der Waals surface area contributed by atoms with Crippen molar-refractivity contribution in [2.45, 2.75) is 6.04 Å². The Morgan fingerprint density at radius 1 is 1.10 bits per heavy atom. The maximum atomic E-state index is 12.7. The first-order valence-electron chi connectivity index (χ1n) is 9.99. The Bertz CT molecular complexity index is 883. The van der Waals surface area contributed by atoms with Gasteiger partial charge in [-0.05, 0) is 5.56 Å². The molecule has 2 heterocycles. The van der Waals surface area contributed by atoms with Crippen LogP contribution in [0.5, 0.6) is 0 Å². The second-order valence-corrected chi connectivity index (χ2v) is 6.96. The number of benzene rings is 1. The number of amides is 2. The number of piperazine rings is 1. The van der Waals surface area contributed by atoms with Crippen LogP contribution < -0.4 is 15.7 Å². The van der Waals surface area contributed by atoms with Crippen LogP contribution >= 0.6 is 0 Å². The highest BCUT2D eigenvalue weighted by atomic mass is 16.5. The number of hydrogen-bond donors (Lipinski definition) is 4. The maximum absolute atomic E-state index is 12.7. The minimum Gasteiger partial charge on any atom is -0.395 e. The Morgan fingerprint density at radius 3 is 2.39 bits per heavy atom. The lowest BCUT2D eigenvalue weighted by molar-refractivity contribution is -0.125. The zero-order valence-corrected chi connectivity index (χ0v) is 17.0. The standard InChI is InChI=1S/C21H26N6O4/c28-13-8-22-20(30)18(7-6-16-4-2-1-3-5-16)26-9-11-27(12-10-26)21-23-14-17(15-24-21)19(29)25-31/h1-7,14-15,18,28,31H,8-13H2,(H,22,30)(H,25,29)/b7-6+. The lowest BCUT2D eigenvalue weighted by atomic mass is 10.1. The molecule has 2 aromatic rings. The van der Waals surface area contributed by atoms with Gasteiger partial charge >= 0.3 is 0 Å². The number of nitrogens with zero attached hydrogens (tertiary/aromatic N) is 4. The molecule has 0 radical (unpaired) electrons. The number of aliphatic hydroxyl groups excluding tert-OH is 1. The fourth-order valence-corrected chi connectivity index (χ4v) is 3.29. The fourth-order valence-electron chi connectivity index (χ4n) is 3.29. The molecule has 2 amide bonds. The maximum Gasteiger partial charge on any atom is 0.277 e. The normalized spacial score (nSPS) is 15.6. The van der Waals surface area contributed by atoms with E-state index in [2.05, 4.69) is 20.2 Å². The molecular formula is C21H26N6O4. The molecule has 4 N–H and O–H groups in total. The van der Waals surface area contributed by atoms with E-state index in [1.54, 1.807) is 5.48 Å². The number of aliphatic hydroxyl groups is 1. The van der Waals surface area contributed by atoms with Crippen molar-refractivity contribution in [3.05, 3.63) is 59.9 Å². The Morgan fingerprint density at radius 2 is 1.77 bits per heavy atom. The molecule has 3 rings (SSSR count). The van der Waals surface area contributed by atoms with Crippen LogP contribution in [-0.4, -0.2) is 82.4 Å². The van der Waals surface area contributed by atoms with Crippen molar-refractivity contribution >= 4 is 23.8 Å². The minimum absolute atomic E-state index is 0.115. The predicted molar refractivity (Wildman–Crippen MR) is 114 cm³/mol. The van der Waals surface area contributed by atoms with Crippen LogP contribution in [0.2, 0.25) is 0 Å². The summed E-state index contributed by atoms with van der Waals surface area (Å²) >= 11 is 0. The van der Waals surface area contributed by atoms with Crippen molar-refractivity contribution in [2.24, 2.45) is 0 Å². The Balaban J connectivity index is 1.66. The van der Waals surface area contributed by atoms with Gasteiger partial charge in [0.2, 0.25) is 11.9 Å². The zero-order chi connectivity index (χ0) is 22.1. The number of anilines is 1. The van der Waals surface area contributed by atoms with E-state index in [0.717, 1.165) is 5.56 Å². The summed E-state index contributed by atoms with van der Waals surface area (Å²) in [5.74, 6) is -0.348. The monoisotopic (exact) mass is 426 g/mol. The van der Waals surface area contributed by atoms with E-state index in [9.17, 15) is 9.59 Å². The molecule has 1 atom stereocenters. The summed E-state index contributed by atoms with van der Waals surface area (Å²) < 4.78 is 0. The molecule has 1 aliphatic heterocycles. The van der Waals surface area contributed by atoms with Gasteiger partial charge in [0.25, 0.3) is 5.91 Å². The van der Waals surface area contributed by atoms with Crippen molar-refractivity contribution < 1.29 is 19.9 Å². The number of hydroxylamine groups is 1. The highest BCUT2D eigenvalue weighted by Crippen LogP contribution is 2.15. The summed E-state index contributed by atoms with van der Waals surface area (Å²) in [6, 6.07) is 9.28. The molecule has 164 valence electrons. The van der Waals surface area contributed by atoms with Gasteiger partial charge in [0.15, 0.2) is 0 Å². The first-order valence-corrected chi connectivity index (χ1v) is 9.99. The molecule has 1 aliphatic rings. The molecule has 1 unspecified atom stereocenters. The van der Waals surface area contributed by atoms with Crippen LogP contribution in [0.4, 0.5) is 5.95 Å². The summed E-state index contributed by atoms with van der Waals surface area (Å²) in [6.07, 6.45) is 6.50. The summed E-state index contributed by atoms with van der Waals surface area (Å²) in [5, 5.41) is 20.5. The molecule has 0 bridgehead atoms. The van der Waals surface area contributed by atoms with Crippen LogP contribution in [0.3, 0.4) is 0 Å². The largest absolute Gasteiger partial charge is 0.395 e. The number of carbonyl (C=O) groups excluding carboxylic acids is 2. The molecule has 0 saturated carbocycles. The third kappa shape index (κ3) is 6.07. The van der Waals surface area contributed by atoms with Gasteiger partial charge in [-0.3, -0.25) is 19.7 Å². The van der Waals surface area contributed by atoms with Gasteiger partial charge in [-0.1, -0.05) is 42.5 Å². The van der Waals surface area contributed by atoms with E-state index in [1.165, 1.54) is 12.4 Å². The number of hydrogen-bond acceptors (Lipinski definition) is 8. The van der Waals surface area contributed by atoms with Gasteiger partial charge in [-0.25, -0.2) is 15.4 Å². The van der Waals surface area contributed by atoms with E-state index >= 15 is 0 Å². The lowest BCUT2D eigenvalue weighted by Gasteiger charge is -2.37. The Kier molecular flexibility index (Phi) is 8.05. The molecule has 1 saturated heterocycles. The molecule has 1 aromatic carbocycles. The van der Waals surface area contributed by atoms with Crippen molar-refractivity contribution in [3.63, 3.8) is 0 Å². The van der Waals surface area contributed by atoms with Gasteiger partial charge in [0.1, 0.15) is 6.04 Å². The van der Waals surface area contributed by atoms with Gasteiger partial charge in [0, 0.05) is 45.1 Å². The molecule has 1 aromatic heterocycles. The molecule has 0 spiro atoms. The van der Waals surface area contributed by atoms with Crippen molar-refractivity contribution in [1.29, 1.82) is 0 Å². The van der Waals surface area contributed by atoms with Crippen LogP contribution in [0.1, 0.15) is 15.9 Å². The van der Waals surface area contributed by atoms with Gasteiger partial charge in [0.05, 0.1) is 12.2 Å². The molecule has 10 nitrogen and oxygen atoms in total. The lowest BCUT2D eigenvalue weighted by Crippen LogP contribution is -2.54. The molecular weight excluding hydrogens is 400 g/mol. The third-order valence-electron chi connectivity index (χ3n) is 4.94. The van der Waals surface area contributed by atoms with Crippen LogP contribution in [0, 0.1) is 0 Å². The quantitative estimate of drug-likeness (QED) is 0.340. The van der Waals surface area contributed by atoms with Crippen molar-refractivity contribution in [2.75, 3.05) is 44.2 Å². The molecule has 1 fully saturated rings. The van der Waals surface area contributed by atoms with E-state index in [0.29, 0.717) is 32.1 Å².